The van der Waals surface area contributed by atoms with Crippen LogP contribution in [0.15, 0.2) is 36.4 Å². The summed E-state index contributed by atoms with van der Waals surface area (Å²) in [6.45, 7) is 4.46. The average molecular weight is 433 g/mol. The molecule has 152 valence electrons. The Morgan fingerprint density at radius 3 is 2.55 bits per heavy atom. The average Bonchev–Trinajstić information content (AvgIpc) is 2.95. The summed E-state index contributed by atoms with van der Waals surface area (Å²) in [6.07, 6.45) is 2.02. The van der Waals surface area contributed by atoms with Crippen molar-refractivity contribution in [2.75, 3.05) is 6.54 Å². The molecule has 3 aromatic rings. The van der Waals surface area contributed by atoms with E-state index in [1.165, 1.54) is 12.1 Å². The summed E-state index contributed by atoms with van der Waals surface area (Å²) >= 11 is 12.0. The molecule has 0 spiro atoms. The zero-order valence-corrected chi connectivity index (χ0v) is 17.8. The van der Waals surface area contributed by atoms with Crippen LogP contribution >= 0.6 is 23.2 Å². The Morgan fingerprint density at radius 1 is 1.10 bits per heavy atom. The topological polar surface area (TPSA) is 71.3 Å². The molecule has 1 amide bonds. The van der Waals surface area contributed by atoms with Crippen molar-refractivity contribution >= 4 is 45.9 Å². The molecule has 5 nitrogen and oxygen atoms in total. The van der Waals surface area contributed by atoms with Crippen molar-refractivity contribution in [3.8, 4) is 5.75 Å². The lowest BCUT2D eigenvalue weighted by atomic mass is 10.1. The van der Waals surface area contributed by atoms with Crippen molar-refractivity contribution in [3.05, 3.63) is 63.3 Å². The highest BCUT2D eigenvalue weighted by Gasteiger charge is 2.22. The van der Waals surface area contributed by atoms with Crippen molar-refractivity contribution in [1.29, 1.82) is 0 Å². The van der Waals surface area contributed by atoms with Crippen molar-refractivity contribution in [2.24, 2.45) is 0 Å². The molecule has 3 rings (SSSR count). The van der Waals surface area contributed by atoms with Gasteiger partial charge in [0, 0.05) is 23.2 Å². The SMILES string of the molecule is CCCCNC(=O)Cc1c(C)n(C(=O)c2ccc(Cl)c(Cl)c2)c2ccc(O)cc12. The Morgan fingerprint density at radius 2 is 1.86 bits per heavy atom. The molecule has 0 unspecified atom stereocenters. The van der Waals surface area contributed by atoms with Crippen molar-refractivity contribution in [3.63, 3.8) is 0 Å². The molecule has 2 N–H and O–H groups in total. The number of nitrogens with zero attached hydrogens (tertiary/aromatic N) is 1. The van der Waals surface area contributed by atoms with Crippen LogP contribution in [0.25, 0.3) is 10.9 Å². The molecule has 0 bridgehead atoms. The van der Waals surface area contributed by atoms with E-state index in [-0.39, 0.29) is 24.0 Å². The molecule has 0 radical (unpaired) electrons. The fourth-order valence-electron chi connectivity index (χ4n) is 3.34. The Hall–Kier alpha value is -2.50. The monoisotopic (exact) mass is 432 g/mol. The van der Waals surface area contributed by atoms with Gasteiger partial charge < -0.3 is 10.4 Å². The van der Waals surface area contributed by atoms with E-state index in [4.69, 9.17) is 23.2 Å². The maximum absolute atomic E-state index is 13.2. The fourth-order valence-corrected chi connectivity index (χ4v) is 3.64. The molecular formula is C22H22Cl2N2O3. The van der Waals surface area contributed by atoms with Gasteiger partial charge in [-0.15, -0.1) is 0 Å². The number of hydrogen-bond acceptors (Lipinski definition) is 3. The van der Waals surface area contributed by atoms with Gasteiger partial charge in [-0.25, -0.2) is 0 Å². The van der Waals surface area contributed by atoms with Gasteiger partial charge in [-0.05, 0) is 55.3 Å². The second kappa shape index (κ2) is 8.89. The lowest BCUT2D eigenvalue weighted by Crippen LogP contribution is -2.26. The van der Waals surface area contributed by atoms with Crippen LogP contribution in [-0.2, 0) is 11.2 Å². The van der Waals surface area contributed by atoms with Gasteiger partial charge in [0.25, 0.3) is 5.91 Å². The fraction of sp³-hybridized carbons (Fsp3) is 0.273. The summed E-state index contributed by atoms with van der Waals surface area (Å²) in [5, 5.41) is 14.2. The van der Waals surface area contributed by atoms with Gasteiger partial charge in [-0.1, -0.05) is 36.5 Å². The molecule has 29 heavy (non-hydrogen) atoms. The summed E-state index contributed by atoms with van der Waals surface area (Å²) in [6, 6.07) is 9.48. The van der Waals surface area contributed by atoms with Crippen molar-refractivity contribution < 1.29 is 14.7 Å². The Bertz CT molecular complexity index is 1090. The van der Waals surface area contributed by atoms with Gasteiger partial charge in [0.1, 0.15) is 5.75 Å². The maximum Gasteiger partial charge on any atom is 0.262 e. The predicted octanol–water partition coefficient (Wildman–Crippen LogP) is 5.11. The van der Waals surface area contributed by atoms with Crippen LogP contribution in [0.1, 0.15) is 41.4 Å². The molecule has 0 aliphatic heterocycles. The molecule has 1 heterocycles. The molecule has 7 heteroatoms. The van der Waals surface area contributed by atoms with Crippen molar-refractivity contribution in [1.82, 2.24) is 9.88 Å². The Balaban J connectivity index is 2.06. The molecule has 0 saturated carbocycles. The van der Waals surface area contributed by atoms with Crippen LogP contribution < -0.4 is 5.32 Å². The molecule has 0 saturated heterocycles. The van der Waals surface area contributed by atoms with Gasteiger partial charge in [-0.3, -0.25) is 14.2 Å². The van der Waals surface area contributed by atoms with E-state index in [2.05, 4.69) is 12.2 Å². The zero-order valence-electron chi connectivity index (χ0n) is 16.3. The van der Waals surface area contributed by atoms with Crippen LogP contribution in [0.2, 0.25) is 10.0 Å². The number of phenols is 1. The van der Waals surface area contributed by atoms with E-state index in [9.17, 15) is 14.7 Å². The summed E-state index contributed by atoms with van der Waals surface area (Å²) in [7, 11) is 0. The summed E-state index contributed by atoms with van der Waals surface area (Å²) in [4.78, 5) is 25.6. The molecule has 0 fully saturated rings. The Kier molecular flexibility index (Phi) is 6.50. The number of unbranched alkanes of at least 4 members (excludes halogenated alkanes) is 1. The quantitative estimate of drug-likeness (QED) is 0.531. The van der Waals surface area contributed by atoms with Gasteiger partial charge in [0.15, 0.2) is 0 Å². The van der Waals surface area contributed by atoms with Gasteiger partial charge in [0.05, 0.1) is 22.0 Å². The van der Waals surface area contributed by atoms with E-state index >= 15 is 0 Å². The number of amides is 1. The smallest absolute Gasteiger partial charge is 0.262 e. The lowest BCUT2D eigenvalue weighted by molar-refractivity contribution is -0.120. The maximum atomic E-state index is 13.2. The normalized spacial score (nSPS) is 11.0. The number of aromatic nitrogens is 1. The number of rotatable bonds is 6. The van der Waals surface area contributed by atoms with Gasteiger partial charge >= 0.3 is 0 Å². The van der Waals surface area contributed by atoms with Crippen LogP contribution in [0.5, 0.6) is 5.75 Å². The molecule has 0 aliphatic carbocycles. The lowest BCUT2D eigenvalue weighted by Gasteiger charge is -2.09. The Labute approximate surface area is 179 Å². The summed E-state index contributed by atoms with van der Waals surface area (Å²) < 4.78 is 1.54. The first-order valence-corrected chi connectivity index (χ1v) is 10.2. The molecular weight excluding hydrogens is 411 g/mol. The number of fused-ring (bicyclic) bond motifs is 1. The molecule has 1 aromatic heterocycles. The number of halogens is 2. The minimum Gasteiger partial charge on any atom is -0.508 e. The number of hydrogen-bond donors (Lipinski definition) is 2. The standard InChI is InChI=1S/C22H22Cl2N2O3/c1-3-4-9-25-21(28)12-16-13(2)26(20-8-6-15(27)11-17(16)20)22(29)14-5-7-18(23)19(24)10-14/h5-8,10-11,27H,3-4,9,12H2,1-2H3,(H,25,28). The largest absolute Gasteiger partial charge is 0.508 e. The highest BCUT2D eigenvalue weighted by molar-refractivity contribution is 6.42. The van der Waals surface area contributed by atoms with E-state index in [1.54, 1.807) is 35.8 Å². The van der Waals surface area contributed by atoms with Gasteiger partial charge in [0.2, 0.25) is 5.91 Å². The second-order valence-electron chi connectivity index (χ2n) is 6.92. The third-order valence-electron chi connectivity index (χ3n) is 4.88. The number of benzene rings is 2. The first-order valence-electron chi connectivity index (χ1n) is 9.42. The second-order valence-corrected chi connectivity index (χ2v) is 7.73. The van der Waals surface area contributed by atoms with Crippen molar-refractivity contribution in [2.45, 2.75) is 33.1 Å². The van der Waals surface area contributed by atoms with Crippen LogP contribution in [0, 0.1) is 6.92 Å². The molecule has 0 atom stereocenters. The van der Waals surface area contributed by atoms with Crippen LogP contribution in [0.3, 0.4) is 0 Å². The first kappa shape index (κ1) is 21.2. The third kappa shape index (κ3) is 4.41. The number of aromatic hydroxyl groups is 1. The number of carbonyl (C=O) groups excluding carboxylic acids is 2. The number of phenolic OH excluding ortho intramolecular Hbond substituents is 1. The van der Waals surface area contributed by atoms with E-state index in [1.807, 2.05) is 0 Å². The van der Waals surface area contributed by atoms with Gasteiger partial charge in [-0.2, -0.15) is 0 Å². The summed E-state index contributed by atoms with van der Waals surface area (Å²) in [5.41, 5.74) is 2.35. The molecule has 0 aliphatic rings. The summed E-state index contributed by atoms with van der Waals surface area (Å²) in [5.74, 6) is -0.329. The van der Waals surface area contributed by atoms with Crippen LogP contribution in [0.4, 0.5) is 0 Å². The van der Waals surface area contributed by atoms with E-state index < -0.39 is 0 Å². The zero-order chi connectivity index (χ0) is 21.1. The minimum absolute atomic E-state index is 0.0734. The predicted molar refractivity (Wildman–Crippen MR) is 116 cm³/mol. The highest BCUT2D eigenvalue weighted by atomic mass is 35.5. The number of nitrogens with one attached hydrogen (secondary N) is 1. The molecule has 2 aromatic carbocycles. The van der Waals surface area contributed by atoms with E-state index in [0.717, 1.165) is 12.8 Å². The van der Waals surface area contributed by atoms with E-state index in [0.29, 0.717) is 44.3 Å². The minimum atomic E-state index is -0.283. The highest BCUT2D eigenvalue weighted by Crippen LogP contribution is 2.31. The third-order valence-corrected chi connectivity index (χ3v) is 5.62. The number of carbonyl (C=O) groups is 2. The van der Waals surface area contributed by atoms with Crippen LogP contribution in [-0.4, -0.2) is 28.0 Å². The first-order chi connectivity index (χ1) is 13.8.